The Morgan fingerprint density at radius 3 is 2.48 bits per heavy atom. The third-order valence-corrected chi connectivity index (χ3v) is 6.57. The van der Waals surface area contributed by atoms with E-state index in [1.165, 1.54) is 0 Å². The lowest BCUT2D eigenvalue weighted by atomic mass is 10.0. The van der Waals surface area contributed by atoms with Gasteiger partial charge in [0.15, 0.2) is 0 Å². The lowest BCUT2D eigenvalue weighted by molar-refractivity contribution is -0.137. The van der Waals surface area contributed by atoms with Crippen molar-refractivity contribution in [1.29, 1.82) is 0 Å². The monoisotopic (exact) mass is 346 g/mol. The molecule has 7 nitrogen and oxygen atoms in total. The van der Waals surface area contributed by atoms with Crippen LogP contribution in [-0.4, -0.2) is 55.2 Å². The number of hydrogen-bond acceptors (Lipinski definition) is 4. The molecule has 0 bridgehead atoms. The quantitative estimate of drug-likeness (QED) is 0.668. The summed E-state index contributed by atoms with van der Waals surface area (Å²) in [7, 11) is -3.51. The van der Waals surface area contributed by atoms with Gasteiger partial charge in [0.1, 0.15) is 0 Å². The minimum absolute atomic E-state index is 0.0561. The van der Waals surface area contributed by atoms with Crippen molar-refractivity contribution in [3.63, 3.8) is 0 Å². The molecule has 1 saturated carbocycles. The van der Waals surface area contributed by atoms with Crippen LogP contribution in [0.3, 0.4) is 0 Å². The van der Waals surface area contributed by atoms with Gasteiger partial charge in [-0.3, -0.25) is 9.59 Å². The Balaban J connectivity index is 1.86. The average Bonchev–Trinajstić information content (AvgIpc) is 3.05. The lowest BCUT2D eigenvalue weighted by Crippen LogP contribution is -2.49. The molecule has 1 atom stereocenters. The van der Waals surface area contributed by atoms with E-state index in [0.717, 1.165) is 25.7 Å². The summed E-state index contributed by atoms with van der Waals surface area (Å²) in [5.74, 6) is -0.761. The molecule has 8 heteroatoms. The first-order valence-electron chi connectivity index (χ1n) is 8.39. The number of likely N-dealkylation sites (tertiary alicyclic amines) is 1. The second kappa shape index (κ2) is 8.10. The summed E-state index contributed by atoms with van der Waals surface area (Å²) in [4.78, 5) is 24.6. The van der Waals surface area contributed by atoms with Crippen molar-refractivity contribution >= 4 is 21.9 Å². The highest BCUT2D eigenvalue weighted by molar-refractivity contribution is 7.90. The summed E-state index contributed by atoms with van der Waals surface area (Å²) in [6, 6.07) is 0. The molecule has 1 unspecified atom stereocenters. The number of carboxylic acid groups (broad SMARTS) is 1. The number of carbonyl (C=O) groups is 2. The number of nitrogens with zero attached hydrogens (tertiary/aromatic N) is 1. The van der Waals surface area contributed by atoms with Gasteiger partial charge in [0.05, 0.1) is 5.25 Å². The molecule has 0 aromatic carbocycles. The van der Waals surface area contributed by atoms with E-state index in [0.29, 0.717) is 19.4 Å². The van der Waals surface area contributed by atoms with Gasteiger partial charge in [-0.25, -0.2) is 13.1 Å². The van der Waals surface area contributed by atoms with Gasteiger partial charge in [0, 0.05) is 32.0 Å². The van der Waals surface area contributed by atoms with E-state index in [1.54, 1.807) is 4.90 Å². The highest BCUT2D eigenvalue weighted by atomic mass is 32.2. The summed E-state index contributed by atoms with van der Waals surface area (Å²) in [5, 5.41) is 7.98. The van der Waals surface area contributed by atoms with Crippen molar-refractivity contribution in [3.8, 4) is 0 Å². The van der Waals surface area contributed by atoms with E-state index in [4.69, 9.17) is 5.11 Å². The van der Waals surface area contributed by atoms with Crippen LogP contribution in [0.1, 0.15) is 51.4 Å². The standard InChI is InChI=1S/C15H26N2O5S/c18-14(19)8-3-9-16-23(21,22)13-7-4-10-17(11-13)15(20)12-5-1-2-6-12/h12-13,16H,1-11H2,(H,18,19). The van der Waals surface area contributed by atoms with Gasteiger partial charge in [-0.2, -0.15) is 0 Å². The highest BCUT2D eigenvalue weighted by Crippen LogP contribution is 2.28. The second-order valence-corrected chi connectivity index (χ2v) is 8.51. The molecule has 1 amide bonds. The molecule has 2 N–H and O–H groups in total. The fraction of sp³-hybridized carbons (Fsp3) is 0.867. The average molecular weight is 346 g/mol. The van der Waals surface area contributed by atoms with E-state index < -0.39 is 21.2 Å². The molecular weight excluding hydrogens is 320 g/mol. The van der Waals surface area contributed by atoms with Crippen LogP contribution in [0.15, 0.2) is 0 Å². The van der Waals surface area contributed by atoms with Crippen molar-refractivity contribution in [1.82, 2.24) is 9.62 Å². The van der Waals surface area contributed by atoms with Gasteiger partial charge in [-0.15, -0.1) is 0 Å². The molecule has 132 valence electrons. The van der Waals surface area contributed by atoms with Crippen LogP contribution >= 0.6 is 0 Å². The van der Waals surface area contributed by atoms with Crippen LogP contribution in [0.4, 0.5) is 0 Å². The van der Waals surface area contributed by atoms with Crippen molar-refractivity contribution in [2.45, 2.75) is 56.6 Å². The van der Waals surface area contributed by atoms with Gasteiger partial charge < -0.3 is 10.0 Å². The molecule has 0 spiro atoms. The normalized spacial score (nSPS) is 23.1. The molecule has 0 aromatic heterocycles. The van der Waals surface area contributed by atoms with Gasteiger partial charge in [0.25, 0.3) is 0 Å². The lowest BCUT2D eigenvalue weighted by Gasteiger charge is -2.34. The molecule has 1 aliphatic heterocycles. The number of piperidine rings is 1. The fourth-order valence-corrected chi connectivity index (χ4v) is 4.91. The zero-order chi connectivity index (χ0) is 16.9. The Morgan fingerprint density at radius 1 is 1.13 bits per heavy atom. The zero-order valence-electron chi connectivity index (χ0n) is 13.4. The summed E-state index contributed by atoms with van der Waals surface area (Å²) in [6.07, 6.45) is 5.45. The van der Waals surface area contributed by atoms with E-state index in [9.17, 15) is 18.0 Å². The summed E-state index contributed by atoms with van der Waals surface area (Å²) >= 11 is 0. The number of nitrogens with one attached hydrogen (secondary N) is 1. The highest BCUT2D eigenvalue weighted by Gasteiger charge is 2.35. The maximum Gasteiger partial charge on any atom is 0.303 e. The molecule has 1 saturated heterocycles. The first-order chi connectivity index (χ1) is 10.9. The predicted octanol–water partition coefficient (Wildman–Crippen LogP) is 0.952. The minimum Gasteiger partial charge on any atom is -0.481 e. The van der Waals surface area contributed by atoms with Crippen LogP contribution in [0.5, 0.6) is 0 Å². The van der Waals surface area contributed by atoms with Crippen LogP contribution in [0.2, 0.25) is 0 Å². The molecule has 1 aliphatic carbocycles. The summed E-state index contributed by atoms with van der Waals surface area (Å²) < 4.78 is 27.1. The van der Waals surface area contributed by atoms with Crippen molar-refractivity contribution < 1.29 is 23.1 Å². The Morgan fingerprint density at radius 2 is 1.83 bits per heavy atom. The number of hydrogen-bond donors (Lipinski definition) is 2. The van der Waals surface area contributed by atoms with Gasteiger partial charge in [-0.05, 0) is 32.1 Å². The summed E-state index contributed by atoms with van der Waals surface area (Å²) in [6.45, 7) is 1.02. The number of aliphatic carboxylic acids is 1. The Bertz CT molecular complexity index is 528. The molecule has 0 radical (unpaired) electrons. The van der Waals surface area contributed by atoms with Crippen LogP contribution < -0.4 is 4.72 Å². The molecule has 1 heterocycles. The van der Waals surface area contributed by atoms with E-state index in [-0.39, 0.29) is 37.8 Å². The molecule has 2 rings (SSSR count). The van der Waals surface area contributed by atoms with Gasteiger partial charge in [0.2, 0.25) is 15.9 Å². The van der Waals surface area contributed by atoms with Crippen molar-refractivity contribution in [2.75, 3.05) is 19.6 Å². The zero-order valence-corrected chi connectivity index (χ0v) is 14.2. The van der Waals surface area contributed by atoms with Crippen LogP contribution in [0, 0.1) is 5.92 Å². The number of amides is 1. The van der Waals surface area contributed by atoms with Crippen molar-refractivity contribution in [3.05, 3.63) is 0 Å². The largest absolute Gasteiger partial charge is 0.481 e. The summed E-state index contributed by atoms with van der Waals surface area (Å²) in [5.41, 5.74) is 0. The van der Waals surface area contributed by atoms with E-state index >= 15 is 0 Å². The van der Waals surface area contributed by atoms with Crippen LogP contribution in [0.25, 0.3) is 0 Å². The third kappa shape index (κ3) is 5.17. The fourth-order valence-electron chi connectivity index (χ4n) is 3.39. The Kier molecular flexibility index (Phi) is 6.41. The van der Waals surface area contributed by atoms with Crippen molar-refractivity contribution in [2.24, 2.45) is 5.92 Å². The van der Waals surface area contributed by atoms with E-state index in [1.807, 2.05) is 0 Å². The molecule has 2 fully saturated rings. The molecular formula is C15H26N2O5S. The molecule has 0 aromatic rings. The number of sulfonamides is 1. The van der Waals surface area contributed by atoms with Gasteiger partial charge >= 0.3 is 5.97 Å². The number of rotatable bonds is 7. The molecule has 2 aliphatic rings. The number of carbonyl (C=O) groups excluding carboxylic acids is 1. The Labute approximate surface area is 137 Å². The second-order valence-electron chi connectivity index (χ2n) is 6.47. The minimum atomic E-state index is -3.51. The first kappa shape index (κ1) is 18.2. The molecule has 23 heavy (non-hydrogen) atoms. The van der Waals surface area contributed by atoms with Crippen LogP contribution in [-0.2, 0) is 19.6 Å². The maximum absolute atomic E-state index is 12.5. The van der Waals surface area contributed by atoms with E-state index in [2.05, 4.69) is 4.72 Å². The SMILES string of the molecule is O=C(O)CCCNS(=O)(=O)C1CCCN(C(=O)C2CCCC2)C1. The first-order valence-corrected chi connectivity index (χ1v) is 9.94. The maximum atomic E-state index is 12.5. The smallest absolute Gasteiger partial charge is 0.303 e. The predicted molar refractivity (Wildman–Crippen MR) is 85.4 cm³/mol. The third-order valence-electron chi connectivity index (χ3n) is 4.70. The topological polar surface area (TPSA) is 104 Å². The van der Waals surface area contributed by atoms with Gasteiger partial charge in [-0.1, -0.05) is 12.8 Å². The number of carboxylic acids is 1. The Hall–Kier alpha value is -1.15.